The van der Waals surface area contributed by atoms with Gasteiger partial charge in [-0.15, -0.1) is 0 Å². The molecule has 4 nitrogen and oxygen atoms in total. The third kappa shape index (κ3) is 6.42. The Morgan fingerprint density at radius 2 is 1.81 bits per heavy atom. The van der Waals surface area contributed by atoms with Gasteiger partial charge in [0.15, 0.2) is 5.11 Å². The molecule has 0 aliphatic rings. The van der Waals surface area contributed by atoms with Crippen LogP contribution in [0.15, 0.2) is 48.5 Å². The molecule has 138 valence electrons. The Morgan fingerprint density at radius 3 is 2.42 bits per heavy atom. The third-order valence-electron chi connectivity index (χ3n) is 3.36. The van der Waals surface area contributed by atoms with Crippen LogP contribution in [-0.4, -0.2) is 21.0 Å². The van der Waals surface area contributed by atoms with E-state index in [9.17, 15) is 4.79 Å². The molecule has 0 heterocycles. The molecular formula is C17H15Cl3IN3OS. The highest BCUT2D eigenvalue weighted by molar-refractivity contribution is 14.1. The number of hydrogen-bond acceptors (Lipinski definition) is 2. The zero-order valence-electron chi connectivity index (χ0n) is 13.5. The average molecular weight is 543 g/mol. The first kappa shape index (κ1) is 21.5. The quantitative estimate of drug-likeness (QED) is 0.220. The predicted octanol–water partition coefficient (Wildman–Crippen LogP) is 5.01. The van der Waals surface area contributed by atoms with Crippen molar-refractivity contribution in [3.63, 3.8) is 0 Å². The minimum atomic E-state index is -1.81. The molecule has 0 aliphatic heterocycles. The van der Waals surface area contributed by atoms with E-state index in [1.807, 2.05) is 37.3 Å². The first-order valence-electron chi connectivity index (χ1n) is 7.43. The molecule has 0 aliphatic carbocycles. The second-order valence-electron chi connectivity index (χ2n) is 5.37. The van der Waals surface area contributed by atoms with Crippen LogP contribution in [0.3, 0.4) is 0 Å². The molecular weight excluding hydrogens is 528 g/mol. The predicted molar refractivity (Wildman–Crippen MR) is 121 cm³/mol. The minimum Gasteiger partial charge on any atom is -0.339 e. The van der Waals surface area contributed by atoms with Gasteiger partial charge in [0.1, 0.15) is 6.17 Å². The molecule has 0 radical (unpaired) electrons. The molecule has 2 aromatic carbocycles. The number of rotatable bonds is 4. The van der Waals surface area contributed by atoms with E-state index < -0.39 is 9.96 Å². The van der Waals surface area contributed by atoms with Crippen LogP contribution in [0.25, 0.3) is 0 Å². The zero-order valence-corrected chi connectivity index (χ0v) is 18.8. The lowest BCUT2D eigenvalue weighted by Crippen LogP contribution is -2.56. The summed E-state index contributed by atoms with van der Waals surface area (Å²) in [5.41, 5.74) is 2.28. The summed E-state index contributed by atoms with van der Waals surface area (Å²) in [5.74, 6) is -0.383. The lowest BCUT2D eigenvalue weighted by Gasteiger charge is -2.28. The zero-order chi connectivity index (χ0) is 19.3. The van der Waals surface area contributed by atoms with Crippen molar-refractivity contribution in [2.24, 2.45) is 0 Å². The average Bonchev–Trinajstić information content (AvgIpc) is 2.55. The van der Waals surface area contributed by atoms with Crippen LogP contribution < -0.4 is 16.0 Å². The first-order valence-corrected chi connectivity index (χ1v) is 10.0. The lowest BCUT2D eigenvalue weighted by molar-refractivity contribution is 0.0934. The van der Waals surface area contributed by atoms with E-state index in [-0.39, 0.29) is 11.0 Å². The molecule has 0 aromatic heterocycles. The summed E-state index contributed by atoms with van der Waals surface area (Å²) < 4.78 is -0.889. The van der Waals surface area contributed by atoms with Gasteiger partial charge in [0.25, 0.3) is 5.91 Å². The molecule has 0 saturated heterocycles. The van der Waals surface area contributed by atoms with E-state index in [2.05, 4.69) is 38.5 Å². The van der Waals surface area contributed by atoms with Gasteiger partial charge in [-0.05, 0) is 71.6 Å². The van der Waals surface area contributed by atoms with Crippen LogP contribution in [0.1, 0.15) is 15.9 Å². The van der Waals surface area contributed by atoms with E-state index in [0.717, 1.165) is 14.8 Å². The molecule has 2 aromatic rings. The normalized spacial score (nSPS) is 12.2. The van der Waals surface area contributed by atoms with Gasteiger partial charge in [-0.3, -0.25) is 4.79 Å². The van der Waals surface area contributed by atoms with Crippen LogP contribution in [-0.2, 0) is 0 Å². The van der Waals surface area contributed by atoms with Crippen LogP contribution in [0, 0.1) is 10.5 Å². The maximum Gasteiger partial charge on any atom is 0.253 e. The highest BCUT2D eigenvalue weighted by Gasteiger charge is 2.35. The van der Waals surface area contributed by atoms with Crippen LogP contribution in [0.5, 0.6) is 0 Å². The van der Waals surface area contributed by atoms with Crippen LogP contribution in [0.4, 0.5) is 5.69 Å². The Kier molecular flexibility index (Phi) is 7.78. The number of thiocarbonyl (C=S) groups is 1. The fraction of sp³-hybridized carbons (Fsp3) is 0.176. The van der Waals surface area contributed by atoms with E-state index in [0.29, 0.717) is 5.56 Å². The number of nitrogens with one attached hydrogen (secondary N) is 3. The van der Waals surface area contributed by atoms with Crippen molar-refractivity contribution in [3.8, 4) is 0 Å². The molecule has 0 fully saturated rings. The number of anilines is 1. The van der Waals surface area contributed by atoms with Crippen molar-refractivity contribution >= 4 is 86.3 Å². The highest BCUT2D eigenvalue weighted by Crippen LogP contribution is 2.29. The number of carbonyl (C=O) groups excluding carboxylic acids is 1. The number of hydrogen-bond donors (Lipinski definition) is 3. The molecule has 1 atom stereocenters. The Balaban J connectivity index is 2.09. The van der Waals surface area contributed by atoms with E-state index in [1.54, 1.807) is 18.2 Å². The Morgan fingerprint density at radius 1 is 1.12 bits per heavy atom. The SMILES string of the molecule is Cc1ccccc1NC(=S)NC(NC(=O)c1cccc(I)c1)C(Cl)(Cl)Cl. The summed E-state index contributed by atoms with van der Waals surface area (Å²) >= 11 is 25.4. The van der Waals surface area contributed by atoms with Crippen molar-refractivity contribution in [1.29, 1.82) is 0 Å². The summed E-state index contributed by atoms with van der Waals surface area (Å²) in [6.45, 7) is 1.94. The third-order valence-corrected chi connectivity index (χ3v) is 4.90. The molecule has 26 heavy (non-hydrogen) atoms. The van der Waals surface area contributed by atoms with Gasteiger partial charge in [-0.25, -0.2) is 0 Å². The van der Waals surface area contributed by atoms with Gasteiger partial charge in [0.05, 0.1) is 0 Å². The van der Waals surface area contributed by atoms with Crippen LogP contribution in [0.2, 0.25) is 0 Å². The van der Waals surface area contributed by atoms with Crippen molar-refractivity contribution < 1.29 is 4.79 Å². The minimum absolute atomic E-state index is 0.221. The first-order chi connectivity index (χ1) is 12.2. The van der Waals surface area contributed by atoms with Gasteiger partial charge >= 0.3 is 0 Å². The van der Waals surface area contributed by atoms with E-state index in [1.165, 1.54) is 0 Å². The smallest absolute Gasteiger partial charge is 0.253 e. The van der Waals surface area contributed by atoms with E-state index >= 15 is 0 Å². The van der Waals surface area contributed by atoms with Gasteiger partial charge in [0.2, 0.25) is 3.79 Å². The Labute approximate surface area is 186 Å². The second-order valence-corrected chi connectivity index (χ2v) is 9.39. The molecule has 1 unspecified atom stereocenters. The molecule has 1 amide bonds. The van der Waals surface area contributed by atoms with E-state index in [4.69, 9.17) is 47.0 Å². The fourth-order valence-corrected chi connectivity index (χ4v) is 3.14. The number of halogens is 4. The monoisotopic (exact) mass is 541 g/mol. The second kappa shape index (κ2) is 9.41. The molecule has 3 N–H and O–H groups in total. The van der Waals surface area contributed by atoms with Crippen molar-refractivity contribution in [2.75, 3.05) is 5.32 Å². The van der Waals surface area contributed by atoms with Gasteiger partial charge < -0.3 is 16.0 Å². The summed E-state index contributed by atoms with van der Waals surface area (Å²) in [7, 11) is 0. The molecule has 0 bridgehead atoms. The molecule has 2 rings (SSSR count). The largest absolute Gasteiger partial charge is 0.339 e. The number of alkyl halides is 3. The number of aryl methyl sites for hydroxylation is 1. The fourth-order valence-electron chi connectivity index (χ4n) is 2.05. The summed E-state index contributed by atoms with van der Waals surface area (Å²) in [6.07, 6.45) is -1.03. The molecule has 9 heteroatoms. The summed E-state index contributed by atoms with van der Waals surface area (Å²) in [5, 5.41) is 8.74. The maximum absolute atomic E-state index is 12.5. The Hall–Kier alpha value is -0.800. The molecule has 0 saturated carbocycles. The number of carbonyl (C=O) groups is 1. The lowest BCUT2D eigenvalue weighted by atomic mass is 10.2. The number of para-hydroxylation sites is 1. The van der Waals surface area contributed by atoms with Crippen LogP contribution >= 0.6 is 69.6 Å². The Bertz CT molecular complexity index is 814. The van der Waals surface area contributed by atoms with Crippen molar-refractivity contribution in [1.82, 2.24) is 10.6 Å². The number of benzene rings is 2. The van der Waals surface area contributed by atoms with Crippen molar-refractivity contribution in [3.05, 3.63) is 63.2 Å². The van der Waals surface area contributed by atoms with Gasteiger partial charge in [0, 0.05) is 14.8 Å². The van der Waals surface area contributed by atoms with Crippen molar-refractivity contribution in [2.45, 2.75) is 16.9 Å². The number of amides is 1. The van der Waals surface area contributed by atoms with Gasteiger partial charge in [-0.1, -0.05) is 59.1 Å². The topological polar surface area (TPSA) is 53.2 Å². The standard InChI is InChI=1S/C17H15Cl3IN3OS/c1-10-5-2-3-8-13(10)22-16(26)24-15(17(18,19)20)23-14(25)11-6-4-7-12(21)9-11/h2-9,15H,1H3,(H,23,25)(H2,22,24,26). The summed E-state index contributed by atoms with van der Waals surface area (Å²) in [4.78, 5) is 12.5. The summed E-state index contributed by atoms with van der Waals surface area (Å²) in [6, 6.07) is 14.7. The molecule has 0 spiro atoms. The highest BCUT2D eigenvalue weighted by atomic mass is 127. The van der Waals surface area contributed by atoms with Gasteiger partial charge in [-0.2, -0.15) is 0 Å². The maximum atomic E-state index is 12.5.